The molecule has 0 spiro atoms. The molecule has 0 fully saturated rings. The zero-order chi connectivity index (χ0) is 22.6. The minimum absolute atomic E-state index is 0.0600. The van der Waals surface area contributed by atoms with Crippen molar-refractivity contribution in [3.05, 3.63) is 58.1 Å². The molecular formula is C22H26N2O7. The lowest BCUT2D eigenvalue weighted by Gasteiger charge is -2.39. The average Bonchev–Trinajstić information content (AvgIpc) is 2.72. The molecule has 3 rings (SSSR count). The lowest BCUT2D eigenvalue weighted by molar-refractivity contribution is -0.385. The van der Waals surface area contributed by atoms with Crippen molar-refractivity contribution < 1.29 is 29.0 Å². The van der Waals surface area contributed by atoms with E-state index in [2.05, 4.69) is 0 Å². The van der Waals surface area contributed by atoms with Gasteiger partial charge < -0.3 is 19.3 Å². The Morgan fingerprint density at radius 1 is 1.23 bits per heavy atom. The molecule has 0 saturated heterocycles. The van der Waals surface area contributed by atoms with Crippen LogP contribution in [0.25, 0.3) is 0 Å². The minimum atomic E-state index is -1.13. The molecule has 0 saturated carbocycles. The number of hydrogen-bond acceptors (Lipinski definition) is 6. The van der Waals surface area contributed by atoms with Crippen LogP contribution in [-0.2, 0) is 0 Å². The fourth-order valence-electron chi connectivity index (χ4n) is 3.71. The molecule has 1 aliphatic rings. The Bertz CT molecular complexity index is 955. The number of hydrogen-bond donors (Lipinski definition) is 1. The molecule has 1 aliphatic heterocycles. The van der Waals surface area contributed by atoms with Crippen molar-refractivity contribution in [2.75, 3.05) is 26.4 Å². The van der Waals surface area contributed by atoms with Crippen molar-refractivity contribution in [1.29, 1.82) is 0 Å². The Kier molecular flexibility index (Phi) is 6.53. The minimum Gasteiger partial charge on any atom is -0.488 e. The van der Waals surface area contributed by atoms with Crippen LogP contribution in [0.3, 0.4) is 0 Å². The number of carbonyl (C=O) groups is 1. The maximum Gasteiger partial charge on any atom is 0.407 e. The van der Waals surface area contributed by atoms with Crippen LogP contribution >= 0.6 is 0 Å². The summed E-state index contributed by atoms with van der Waals surface area (Å²) in [4.78, 5) is 24.1. The zero-order valence-corrected chi connectivity index (χ0v) is 17.7. The van der Waals surface area contributed by atoms with Crippen molar-refractivity contribution in [2.45, 2.75) is 26.8 Å². The third-order valence-corrected chi connectivity index (χ3v) is 4.89. The van der Waals surface area contributed by atoms with Crippen LogP contribution < -0.4 is 14.2 Å². The number of fused-ring (bicyclic) bond motifs is 1. The molecule has 1 N–H and O–H groups in total. The van der Waals surface area contributed by atoms with Crippen molar-refractivity contribution >= 4 is 11.8 Å². The molecule has 2 aromatic rings. The summed E-state index contributed by atoms with van der Waals surface area (Å²) < 4.78 is 17.0. The predicted octanol–water partition coefficient (Wildman–Crippen LogP) is 4.51. The van der Waals surface area contributed by atoms with E-state index < -0.39 is 22.5 Å². The Labute approximate surface area is 180 Å². The molecule has 0 radical (unpaired) electrons. The average molecular weight is 430 g/mol. The largest absolute Gasteiger partial charge is 0.488 e. The van der Waals surface area contributed by atoms with Crippen molar-refractivity contribution in [1.82, 2.24) is 4.90 Å². The maximum atomic E-state index is 12.1. The Hall–Kier alpha value is -3.49. The summed E-state index contributed by atoms with van der Waals surface area (Å²) in [5.74, 6) is 1.56. The first-order valence-electron chi connectivity index (χ1n) is 9.94. The maximum absolute atomic E-state index is 12.1. The molecule has 9 heteroatoms. The highest BCUT2D eigenvalue weighted by molar-refractivity contribution is 5.66. The Morgan fingerprint density at radius 3 is 2.61 bits per heavy atom. The summed E-state index contributed by atoms with van der Waals surface area (Å²) in [6.07, 6.45) is -1.13. The monoisotopic (exact) mass is 430 g/mol. The van der Waals surface area contributed by atoms with Crippen molar-refractivity contribution in [2.24, 2.45) is 5.41 Å². The summed E-state index contributed by atoms with van der Waals surface area (Å²) in [7, 11) is 0. The van der Waals surface area contributed by atoms with Gasteiger partial charge in [-0.2, -0.15) is 0 Å². The summed E-state index contributed by atoms with van der Waals surface area (Å²) in [5, 5.41) is 21.1. The van der Waals surface area contributed by atoms with E-state index in [1.807, 2.05) is 20.8 Å². The van der Waals surface area contributed by atoms with E-state index in [0.29, 0.717) is 36.0 Å². The zero-order valence-electron chi connectivity index (χ0n) is 17.7. The predicted molar refractivity (Wildman–Crippen MR) is 113 cm³/mol. The topological polar surface area (TPSA) is 111 Å². The number of benzene rings is 2. The van der Waals surface area contributed by atoms with E-state index in [0.717, 1.165) is 0 Å². The van der Waals surface area contributed by atoms with E-state index in [4.69, 9.17) is 14.2 Å². The van der Waals surface area contributed by atoms with Gasteiger partial charge in [0.25, 0.3) is 5.69 Å². The normalized spacial score (nSPS) is 13.9. The van der Waals surface area contributed by atoms with Gasteiger partial charge >= 0.3 is 6.09 Å². The molecule has 0 aromatic heterocycles. The number of para-hydroxylation sites is 1. The summed E-state index contributed by atoms with van der Waals surface area (Å²) >= 11 is 0. The molecule has 9 nitrogen and oxygen atoms in total. The van der Waals surface area contributed by atoms with Crippen molar-refractivity contribution in [3.63, 3.8) is 0 Å². The molecule has 1 atom stereocenters. The molecule has 2 aromatic carbocycles. The molecule has 1 amide bonds. The fourth-order valence-corrected chi connectivity index (χ4v) is 3.71. The third-order valence-electron chi connectivity index (χ3n) is 4.89. The summed E-state index contributed by atoms with van der Waals surface area (Å²) in [5.41, 5.74) is -0.0458. The van der Waals surface area contributed by atoms with E-state index in [1.165, 1.54) is 17.0 Å². The number of non-ortho nitro benzene ring substituents is 1. The van der Waals surface area contributed by atoms with E-state index in [9.17, 15) is 20.0 Å². The smallest absolute Gasteiger partial charge is 0.407 e. The van der Waals surface area contributed by atoms with E-state index >= 15 is 0 Å². The van der Waals surface area contributed by atoms with Gasteiger partial charge in [-0.05, 0) is 23.1 Å². The highest BCUT2D eigenvalue weighted by Gasteiger charge is 2.35. The van der Waals surface area contributed by atoms with Crippen LogP contribution in [0.1, 0.15) is 32.4 Å². The molecule has 0 bridgehead atoms. The van der Waals surface area contributed by atoms with Gasteiger partial charge in [0, 0.05) is 12.1 Å². The highest BCUT2D eigenvalue weighted by Crippen LogP contribution is 2.40. The van der Waals surface area contributed by atoms with Crippen LogP contribution in [0.15, 0.2) is 42.5 Å². The lowest BCUT2D eigenvalue weighted by atomic mass is 9.81. The van der Waals surface area contributed by atoms with E-state index in [1.54, 1.807) is 30.3 Å². The van der Waals surface area contributed by atoms with Gasteiger partial charge in [0.05, 0.1) is 17.5 Å². The second-order valence-corrected chi connectivity index (χ2v) is 8.23. The SMILES string of the molecule is CC(C)(C)C(c1cccc([N+](=O)[O-])c1)N(CCOc1cccc2c1OCCO2)C(=O)O. The lowest BCUT2D eigenvalue weighted by Crippen LogP contribution is -2.42. The standard InChI is InChI=1S/C22H26N2O7/c1-22(2,3)20(15-6-4-7-16(14-15)24(27)28)23(21(25)26)10-11-29-17-8-5-9-18-19(17)31-13-12-30-18/h4-9,14,20H,10-13H2,1-3H3,(H,25,26). The van der Waals surface area contributed by atoms with Gasteiger partial charge in [-0.1, -0.05) is 39.0 Å². The van der Waals surface area contributed by atoms with Gasteiger partial charge in [-0.3, -0.25) is 15.0 Å². The first kappa shape index (κ1) is 22.2. The van der Waals surface area contributed by atoms with Gasteiger partial charge in [-0.15, -0.1) is 0 Å². The van der Waals surface area contributed by atoms with Crippen LogP contribution in [-0.4, -0.2) is 47.4 Å². The summed E-state index contributed by atoms with van der Waals surface area (Å²) in [6, 6.07) is 10.8. The van der Waals surface area contributed by atoms with Crippen LogP contribution in [0.5, 0.6) is 17.2 Å². The Balaban J connectivity index is 1.81. The first-order chi connectivity index (χ1) is 14.7. The van der Waals surface area contributed by atoms with Crippen LogP contribution in [0.2, 0.25) is 0 Å². The van der Waals surface area contributed by atoms with Gasteiger partial charge in [0.15, 0.2) is 11.5 Å². The number of ether oxygens (including phenoxy) is 3. The third kappa shape index (κ3) is 5.17. The van der Waals surface area contributed by atoms with Crippen LogP contribution in [0, 0.1) is 15.5 Å². The quantitative estimate of drug-likeness (QED) is 0.508. The number of carboxylic acid groups (broad SMARTS) is 1. The number of nitrogens with zero attached hydrogens (tertiary/aromatic N) is 2. The first-order valence-corrected chi connectivity index (χ1v) is 9.94. The van der Waals surface area contributed by atoms with E-state index in [-0.39, 0.29) is 18.8 Å². The highest BCUT2D eigenvalue weighted by atomic mass is 16.6. The molecule has 1 heterocycles. The number of nitro groups is 1. The summed E-state index contributed by atoms with van der Waals surface area (Å²) in [6.45, 7) is 6.69. The van der Waals surface area contributed by atoms with Gasteiger partial charge in [-0.25, -0.2) is 4.79 Å². The second kappa shape index (κ2) is 9.11. The fraction of sp³-hybridized carbons (Fsp3) is 0.409. The molecule has 1 unspecified atom stereocenters. The molecule has 31 heavy (non-hydrogen) atoms. The molecule has 166 valence electrons. The van der Waals surface area contributed by atoms with Crippen LogP contribution in [0.4, 0.5) is 10.5 Å². The van der Waals surface area contributed by atoms with Gasteiger partial charge in [0.2, 0.25) is 5.75 Å². The molecule has 0 aliphatic carbocycles. The second-order valence-electron chi connectivity index (χ2n) is 8.23. The van der Waals surface area contributed by atoms with Crippen molar-refractivity contribution in [3.8, 4) is 17.2 Å². The number of rotatable bonds is 7. The number of nitro benzene ring substituents is 1. The number of amides is 1. The Morgan fingerprint density at radius 2 is 1.94 bits per heavy atom. The molecular weight excluding hydrogens is 404 g/mol. The van der Waals surface area contributed by atoms with Gasteiger partial charge in [0.1, 0.15) is 19.8 Å².